The minimum Gasteiger partial charge on any atom is -0.494 e. The van der Waals surface area contributed by atoms with Crippen LogP contribution in [-0.2, 0) is 4.79 Å². The van der Waals surface area contributed by atoms with E-state index in [4.69, 9.17) is 4.74 Å². The lowest BCUT2D eigenvalue weighted by molar-refractivity contribution is -0.384. The van der Waals surface area contributed by atoms with E-state index in [0.29, 0.717) is 23.5 Å². The first kappa shape index (κ1) is 22.0. The van der Waals surface area contributed by atoms with Gasteiger partial charge in [-0.05, 0) is 48.4 Å². The Morgan fingerprint density at radius 1 is 1.10 bits per heavy atom. The minimum atomic E-state index is -0.994. The minimum absolute atomic E-state index is 0.0000983. The number of aliphatic hydroxyl groups is 1. The van der Waals surface area contributed by atoms with Crippen LogP contribution in [0.15, 0.2) is 48.5 Å². The number of hydrogen-bond acceptors (Lipinski definition) is 6. The van der Waals surface area contributed by atoms with Crippen molar-refractivity contribution in [3.63, 3.8) is 0 Å². The highest BCUT2D eigenvalue weighted by molar-refractivity contribution is 5.98. The molecule has 0 heterocycles. The highest BCUT2D eigenvalue weighted by Gasteiger charge is 2.13. The molecule has 0 aliphatic heterocycles. The number of carbonyl (C=O) groups excluding carboxylic acids is 2. The second-order valence-electron chi connectivity index (χ2n) is 6.46. The SMILES string of the molecule is CCCOc1ccc(C(=O)CCC(=O)NCC(O)c2ccc([N+](=O)[O-])cc2)cc1. The monoisotopic (exact) mass is 400 g/mol. The Morgan fingerprint density at radius 3 is 2.34 bits per heavy atom. The Labute approximate surface area is 168 Å². The standard InChI is InChI=1S/C21H24N2O6/c1-2-13-29-18-9-5-15(6-10-18)19(24)11-12-21(26)22-14-20(25)16-3-7-17(8-4-16)23(27)28/h3-10,20,25H,2,11-14H2,1H3,(H,22,26). The smallest absolute Gasteiger partial charge is 0.269 e. The molecule has 0 radical (unpaired) electrons. The average molecular weight is 400 g/mol. The lowest BCUT2D eigenvalue weighted by atomic mass is 10.1. The Hall–Kier alpha value is -3.26. The maximum atomic E-state index is 12.2. The summed E-state index contributed by atoms with van der Waals surface area (Å²) < 4.78 is 5.46. The first-order chi connectivity index (χ1) is 13.9. The number of hydrogen-bond donors (Lipinski definition) is 2. The summed E-state index contributed by atoms with van der Waals surface area (Å²) in [4.78, 5) is 34.3. The Kier molecular flexibility index (Phi) is 8.29. The average Bonchev–Trinajstić information content (AvgIpc) is 2.74. The fraction of sp³-hybridized carbons (Fsp3) is 0.333. The first-order valence-electron chi connectivity index (χ1n) is 9.36. The van der Waals surface area contributed by atoms with E-state index in [1.165, 1.54) is 24.3 Å². The van der Waals surface area contributed by atoms with Crippen molar-refractivity contribution in [1.29, 1.82) is 0 Å². The van der Waals surface area contributed by atoms with Crippen molar-refractivity contribution in [1.82, 2.24) is 5.32 Å². The zero-order chi connectivity index (χ0) is 21.2. The number of aliphatic hydroxyl groups excluding tert-OH is 1. The van der Waals surface area contributed by atoms with Crippen molar-refractivity contribution in [2.24, 2.45) is 0 Å². The van der Waals surface area contributed by atoms with E-state index in [-0.39, 0.29) is 36.8 Å². The summed E-state index contributed by atoms with van der Waals surface area (Å²) in [5.74, 6) is 0.182. The van der Waals surface area contributed by atoms with Crippen molar-refractivity contribution >= 4 is 17.4 Å². The third kappa shape index (κ3) is 7.00. The van der Waals surface area contributed by atoms with Gasteiger partial charge in [-0.25, -0.2) is 0 Å². The van der Waals surface area contributed by atoms with Crippen molar-refractivity contribution in [3.8, 4) is 5.75 Å². The molecular formula is C21H24N2O6. The summed E-state index contributed by atoms with van der Waals surface area (Å²) >= 11 is 0. The van der Waals surface area contributed by atoms with E-state index in [0.717, 1.165) is 6.42 Å². The van der Waals surface area contributed by atoms with Crippen LogP contribution in [0.1, 0.15) is 48.2 Å². The molecule has 8 nitrogen and oxygen atoms in total. The van der Waals surface area contributed by atoms with Gasteiger partial charge in [-0.15, -0.1) is 0 Å². The molecule has 2 aromatic rings. The van der Waals surface area contributed by atoms with Crippen LogP contribution in [-0.4, -0.2) is 34.9 Å². The molecule has 154 valence electrons. The number of nitro benzene ring substituents is 1. The van der Waals surface area contributed by atoms with E-state index in [9.17, 15) is 24.8 Å². The van der Waals surface area contributed by atoms with Gasteiger partial charge in [0.05, 0.1) is 17.6 Å². The molecule has 0 aliphatic carbocycles. The van der Waals surface area contributed by atoms with Gasteiger partial charge in [0.1, 0.15) is 5.75 Å². The topological polar surface area (TPSA) is 119 Å². The Balaban J connectivity index is 1.75. The van der Waals surface area contributed by atoms with Gasteiger partial charge < -0.3 is 15.2 Å². The molecule has 29 heavy (non-hydrogen) atoms. The second-order valence-corrected chi connectivity index (χ2v) is 6.46. The number of benzene rings is 2. The molecule has 0 fully saturated rings. The van der Waals surface area contributed by atoms with Gasteiger partial charge in [0.15, 0.2) is 5.78 Å². The van der Waals surface area contributed by atoms with Crippen LogP contribution in [0, 0.1) is 10.1 Å². The zero-order valence-corrected chi connectivity index (χ0v) is 16.2. The van der Waals surface area contributed by atoms with Crippen LogP contribution in [0.25, 0.3) is 0 Å². The molecule has 1 amide bonds. The van der Waals surface area contributed by atoms with E-state index >= 15 is 0 Å². The van der Waals surface area contributed by atoms with Crippen LogP contribution in [0.2, 0.25) is 0 Å². The van der Waals surface area contributed by atoms with E-state index in [1.807, 2.05) is 6.92 Å². The second kappa shape index (κ2) is 10.9. The van der Waals surface area contributed by atoms with Gasteiger partial charge in [-0.1, -0.05) is 6.92 Å². The van der Waals surface area contributed by atoms with Crippen LogP contribution in [0.3, 0.4) is 0 Å². The summed E-state index contributed by atoms with van der Waals surface area (Å²) in [6.07, 6.45) is -0.0467. The van der Waals surface area contributed by atoms with Crippen molar-refractivity contribution < 1.29 is 24.4 Å². The summed E-state index contributed by atoms with van der Waals surface area (Å²) in [6, 6.07) is 12.2. The summed E-state index contributed by atoms with van der Waals surface area (Å²) in [5.41, 5.74) is 0.887. The first-order valence-corrected chi connectivity index (χ1v) is 9.36. The fourth-order valence-corrected chi connectivity index (χ4v) is 2.56. The zero-order valence-electron chi connectivity index (χ0n) is 16.2. The van der Waals surface area contributed by atoms with Gasteiger partial charge in [0.2, 0.25) is 5.91 Å². The number of ketones is 1. The molecule has 1 unspecified atom stereocenters. The third-order valence-corrected chi connectivity index (χ3v) is 4.21. The lowest BCUT2D eigenvalue weighted by Crippen LogP contribution is -2.28. The molecule has 2 aromatic carbocycles. The molecule has 0 aliphatic rings. The van der Waals surface area contributed by atoms with Crippen molar-refractivity contribution in [2.75, 3.05) is 13.2 Å². The largest absolute Gasteiger partial charge is 0.494 e. The molecule has 2 rings (SSSR count). The predicted octanol–water partition coefficient (Wildman–Crippen LogP) is 3.20. The quantitative estimate of drug-likeness (QED) is 0.340. The van der Waals surface area contributed by atoms with Crippen LogP contribution < -0.4 is 10.1 Å². The molecule has 0 bridgehead atoms. The van der Waals surface area contributed by atoms with Gasteiger partial charge >= 0.3 is 0 Å². The molecule has 2 N–H and O–H groups in total. The van der Waals surface area contributed by atoms with Gasteiger partial charge in [0, 0.05) is 37.1 Å². The molecule has 8 heteroatoms. The van der Waals surface area contributed by atoms with Crippen LogP contribution in [0.4, 0.5) is 5.69 Å². The molecule has 0 saturated heterocycles. The normalized spacial score (nSPS) is 11.5. The Bertz CT molecular complexity index is 833. The molecule has 1 atom stereocenters. The highest BCUT2D eigenvalue weighted by atomic mass is 16.6. The maximum Gasteiger partial charge on any atom is 0.269 e. The number of nitrogens with zero attached hydrogens (tertiary/aromatic N) is 1. The number of nitro groups is 1. The van der Waals surface area contributed by atoms with E-state index in [2.05, 4.69) is 5.32 Å². The molecule has 0 spiro atoms. The number of carbonyl (C=O) groups is 2. The van der Waals surface area contributed by atoms with Crippen LogP contribution >= 0.6 is 0 Å². The summed E-state index contributed by atoms with van der Waals surface area (Å²) in [6.45, 7) is 2.57. The van der Waals surface area contributed by atoms with E-state index < -0.39 is 11.0 Å². The van der Waals surface area contributed by atoms with Crippen molar-refractivity contribution in [2.45, 2.75) is 32.3 Å². The van der Waals surface area contributed by atoms with Crippen LogP contribution in [0.5, 0.6) is 5.75 Å². The maximum absolute atomic E-state index is 12.2. The number of rotatable bonds is 11. The summed E-state index contributed by atoms with van der Waals surface area (Å²) in [7, 11) is 0. The molecule has 0 aromatic heterocycles. The van der Waals surface area contributed by atoms with E-state index in [1.54, 1.807) is 24.3 Å². The lowest BCUT2D eigenvalue weighted by Gasteiger charge is -2.12. The Morgan fingerprint density at radius 2 is 1.76 bits per heavy atom. The van der Waals surface area contributed by atoms with Gasteiger partial charge in [0.25, 0.3) is 5.69 Å². The molecular weight excluding hydrogens is 376 g/mol. The number of nitrogens with one attached hydrogen (secondary N) is 1. The van der Waals surface area contributed by atoms with Gasteiger partial charge in [-0.3, -0.25) is 19.7 Å². The fourth-order valence-electron chi connectivity index (χ4n) is 2.56. The van der Waals surface area contributed by atoms with Crippen molar-refractivity contribution in [3.05, 3.63) is 69.8 Å². The number of amides is 1. The number of Topliss-reactive ketones (excluding diaryl/α,β-unsaturated/α-hetero) is 1. The number of ether oxygens (including phenoxy) is 1. The molecule has 0 saturated carbocycles. The van der Waals surface area contributed by atoms with Gasteiger partial charge in [-0.2, -0.15) is 0 Å². The number of non-ortho nitro benzene ring substituents is 1. The predicted molar refractivity (Wildman–Crippen MR) is 107 cm³/mol. The highest BCUT2D eigenvalue weighted by Crippen LogP contribution is 2.17. The third-order valence-electron chi connectivity index (χ3n) is 4.21. The summed E-state index contributed by atoms with van der Waals surface area (Å²) in [5, 5.41) is 23.3.